The van der Waals surface area contributed by atoms with Crippen LogP contribution in [0.3, 0.4) is 0 Å². The molecule has 0 saturated heterocycles. The average Bonchev–Trinajstić information content (AvgIpc) is 2.96. The Morgan fingerprint density at radius 2 is 2.08 bits per heavy atom. The van der Waals surface area contributed by atoms with Gasteiger partial charge in [0, 0.05) is 21.8 Å². The number of para-hydroxylation sites is 1. The van der Waals surface area contributed by atoms with Crippen LogP contribution in [0.4, 0.5) is 5.69 Å². The van der Waals surface area contributed by atoms with Gasteiger partial charge >= 0.3 is 0 Å². The van der Waals surface area contributed by atoms with Crippen LogP contribution < -0.4 is 5.32 Å². The molecule has 2 N–H and O–H groups in total. The molecular formula is C20H18BrNO3. The number of fused-ring (bicyclic) bond motifs is 3. The highest BCUT2D eigenvalue weighted by molar-refractivity contribution is 9.10. The molecule has 0 spiro atoms. The molecule has 1 heterocycles. The summed E-state index contributed by atoms with van der Waals surface area (Å²) in [6, 6.07) is 11.3. The van der Waals surface area contributed by atoms with Crippen LogP contribution in [0.25, 0.3) is 11.0 Å². The molecule has 128 valence electrons. The number of carbonyl (C=O) groups is 1. The van der Waals surface area contributed by atoms with E-state index in [2.05, 4.69) is 21.2 Å². The minimum Gasteiger partial charge on any atom is -0.458 e. The van der Waals surface area contributed by atoms with Gasteiger partial charge in [0.05, 0.1) is 17.4 Å². The third-order valence-electron chi connectivity index (χ3n) is 4.74. The van der Waals surface area contributed by atoms with Gasteiger partial charge in [-0.15, -0.1) is 0 Å². The summed E-state index contributed by atoms with van der Waals surface area (Å²) in [6.07, 6.45) is 1.97. The van der Waals surface area contributed by atoms with E-state index in [4.69, 9.17) is 4.42 Å². The molecular weight excluding hydrogens is 382 g/mol. The second kappa shape index (κ2) is 6.32. The van der Waals surface area contributed by atoms with Crippen LogP contribution >= 0.6 is 15.9 Å². The van der Waals surface area contributed by atoms with Crippen molar-refractivity contribution in [2.45, 2.75) is 32.3 Å². The Kier molecular flexibility index (Phi) is 4.13. The number of furan rings is 1. The molecule has 4 rings (SSSR count). The molecule has 1 amide bonds. The number of amides is 1. The van der Waals surface area contributed by atoms with Crippen molar-refractivity contribution in [2.75, 3.05) is 5.32 Å². The second-order valence-corrected chi connectivity index (χ2v) is 7.27. The summed E-state index contributed by atoms with van der Waals surface area (Å²) in [4.78, 5) is 12.8. The summed E-state index contributed by atoms with van der Waals surface area (Å²) >= 11 is 3.45. The monoisotopic (exact) mass is 399 g/mol. The maximum Gasteiger partial charge on any atom is 0.257 e. The zero-order chi connectivity index (χ0) is 17.6. The molecule has 0 bridgehead atoms. The molecule has 1 aliphatic rings. The van der Waals surface area contributed by atoms with Crippen LogP contribution in [0.15, 0.2) is 45.3 Å². The molecule has 5 heteroatoms. The molecule has 4 nitrogen and oxygen atoms in total. The van der Waals surface area contributed by atoms with Gasteiger partial charge in [0.1, 0.15) is 5.76 Å². The zero-order valence-corrected chi connectivity index (χ0v) is 15.4. The first-order chi connectivity index (χ1) is 12.1. The molecule has 0 radical (unpaired) electrons. The van der Waals surface area contributed by atoms with Crippen LogP contribution in [0.2, 0.25) is 0 Å². The third kappa shape index (κ3) is 2.77. The highest BCUT2D eigenvalue weighted by atomic mass is 79.9. The molecule has 1 aliphatic carbocycles. The number of benzene rings is 2. The smallest absolute Gasteiger partial charge is 0.257 e. The van der Waals surface area contributed by atoms with Crippen molar-refractivity contribution in [2.24, 2.45) is 0 Å². The number of hydrogen-bond donors (Lipinski definition) is 2. The lowest BCUT2D eigenvalue weighted by Gasteiger charge is -2.16. The Hall–Kier alpha value is -2.11. The van der Waals surface area contributed by atoms with E-state index in [1.54, 1.807) is 0 Å². The van der Waals surface area contributed by atoms with E-state index < -0.39 is 6.10 Å². The third-order valence-corrected chi connectivity index (χ3v) is 5.40. The number of aryl methyl sites for hydroxylation is 2. The topological polar surface area (TPSA) is 62.5 Å². The quantitative estimate of drug-likeness (QED) is 0.627. The number of hydrogen-bond acceptors (Lipinski definition) is 3. The van der Waals surface area contributed by atoms with Gasteiger partial charge in [-0.25, -0.2) is 0 Å². The van der Waals surface area contributed by atoms with Gasteiger partial charge in [-0.05, 0) is 53.4 Å². The van der Waals surface area contributed by atoms with E-state index in [1.165, 1.54) is 0 Å². The molecule has 0 aliphatic heterocycles. The summed E-state index contributed by atoms with van der Waals surface area (Å²) in [5.74, 6) is 0.639. The Morgan fingerprint density at radius 3 is 2.88 bits per heavy atom. The fourth-order valence-corrected chi connectivity index (χ4v) is 4.19. The highest BCUT2D eigenvalue weighted by Crippen LogP contribution is 2.40. The summed E-state index contributed by atoms with van der Waals surface area (Å²) in [6.45, 7) is 1.90. The number of aliphatic hydroxyl groups excluding tert-OH is 1. The average molecular weight is 400 g/mol. The van der Waals surface area contributed by atoms with E-state index in [0.717, 1.165) is 46.0 Å². The van der Waals surface area contributed by atoms with Crippen molar-refractivity contribution in [3.63, 3.8) is 0 Å². The fourth-order valence-electron chi connectivity index (χ4n) is 3.54. The van der Waals surface area contributed by atoms with Crippen molar-refractivity contribution < 1.29 is 14.3 Å². The largest absolute Gasteiger partial charge is 0.458 e. The number of aliphatic hydroxyl groups is 1. The molecule has 1 unspecified atom stereocenters. The first kappa shape index (κ1) is 16.4. The molecule has 0 fully saturated rings. The van der Waals surface area contributed by atoms with E-state index >= 15 is 0 Å². The lowest BCUT2D eigenvalue weighted by atomic mass is 9.93. The first-order valence-electron chi connectivity index (χ1n) is 8.35. The minimum atomic E-state index is -0.499. The van der Waals surface area contributed by atoms with Crippen molar-refractivity contribution in [1.82, 2.24) is 0 Å². The molecule has 3 aromatic rings. The van der Waals surface area contributed by atoms with Crippen molar-refractivity contribution >= 4 is 38.5 Å². The Labute approximate surface area is 154 Å². The van der Waals surface area contributed by atoms with E-state index in [1.807, 2.05) is 43.3 Å². The number of rotatable bonds is 2. The minimum absolute atomic E-state index is 0.188. The van der Waals surface area contributed by atoms with Crippen LogP contribution in [-0.4, -0.2) is 11.0 Å². The number of anilines is 1. The van der Waals surface area contributed by atoms with Crippen LogP contribution in [0.1, 0.15) is 46.2 Å². The maximum atomic E-state index is 12.8. The number of carbonyl (C=O) groups excluding carboxylic acids is 1. The van der Waals surface area contributed by atoms with Crippen molar-refractivity contribution in [1.29, 1.82) is 0 Å². The van der Waals surface area contributed by atoms with E-state index in [-0.39, 0.29) is 5.91 Å². The Bertz CT molecular complexity index is 956. The van der Waals surface area contributed by atoms with Crippen LogP contribution in [0, 0.1) is 6.92 Å². The molecule has 0 saturated carbocycles. The van der Waals surface area contributed by atoms with Gasteiger partial charge in [0.15, 0.2) is 5.58 Å². The lowest BCUT2D eigenvalue weighted by Crippen LogP contribution is -2.14. The Balaban J connectivity index is 1.77. The lowest BCUT2D eigenvalue weighted by molar-refractivity contribution is 0.102. The van der Waals surface area contributed by atoms with Gasteiger partial charge < -0.3 is 14.8 Å². The predicted molar refractivity (Wildman–Crippen MR) is 101 cm³/mol. The highest BCUT2D eigenvalue weighted by Gasteiger charge is 2.26. The second-order valence-electron chi connectivity index (χ2n) is 6.42. The normalized spacial score (nSPS) is 16.7. The Morgan fingerprint density at radius 1 is 1.28 bits per heavy atom. The molecule has 1 aromatic heterocycles. The van der Waals surface area contributed by atoms with Gasteiger partial charge in [-0.1, -0.05) is 24.3 Å². The summed E-state index contributed by atoms with van der Waals surface area (Å²) < 4.78 is 6.76. The van der Waals surface area contributed by atoms with Crippen molar-refractivity contribution in [3.8, 4) is 0 Å². The summed E-state index contributed by atoms with van der Waals surface area (Å²) in [7, 11) is 0. The molecule has 2 aromatic carbocycles. The molecule has 1 atom stereocenters. The maximum absolute atomic E-state index is 12.8. The van der Waals surface area contributed by atoms with Gasteiger partial charge in [-0.2, -0.15) is 0 Å². The fraction of sp³-hybridized carbons (Fsp3) is 0.250. The van der Waals surface area contributed by atoms with E-state index in [9.17, 15) is 9.90 Å². The zero-order valence-electron chi connectivity index (χ0n) is 13.8. The number of halogens is 1. The SMILES string of the molecule is Cc1cccc(Br)c1C(=O)Nc1cccc2c3c(oc12)CCCC3O. The van der Waals surface area contributed by atoms with Gasteiger partial charge in [0.2, 0.25) is 0 Å². The van der Waals surface area contributed by atoms with Crippen LogP contribution in [-0.2, 0) is 6.42 Å². The standard InChI is InChI=1S/C20H18BrNO3/c1-11-5-2-7-13(21)17(11)20(24)22-14-8-3-6-12-18-15(23)9-4-10-16(18)25-19(12)14/h2-3,5-8,15,23H,4,9-10H2,1H3,(H,22,24). The van der Waals surface area contributed by atoms with Crippen molar-refractivity contribution in [3.05, 3.63) is 63.3 Å². The summed E-state index contributed by atoms with van der Waals surface area (Å²) in [5, 5.41) is 14.2. The predicted octanol–water partition coefficient (Wildman–Crippen LogP) is 5.13. The van der Waals surface area contributed by atoms with Crippen LogP contribution in [0.5, 0.6) is 0 Å². The number of nitrogens with one attached hydrogen (secondary N) is 1. The van der Waals surface area contributed by atoms with Gasteiger partial charge in [-0.3, -0.25) is 4.79 Å². The summed E-state index contributed by atoms with van der Waals surface area (Å²) in [5.41, 5.74) is 3.63. The first-order valence-corrected chi connectivity index (χ1v) is 9.14. The van der Waals surface area contributed by atoms with Gasteiger partial charge in [0.25, 0.3) is 5.91 Å². The molecule has 25 heavy (non-hydrogen) atoms. The van der Waals surface area contributed by atoms with E-state index in [0.29, 0.717) is 16.8 Å².